The Hall–Kier alpha value is -1.58. The third-order valence-electron chi connectivity index (χ3n) is 3.30. The molecule has 0 saturated carbocycles. The summed E-state index contributed by atoms with van der Waals surface area (Å²) >= 11 is 1.71. The quantitative estimate of drug-likeness (QED) is 0.473. The standard InChI is InChI=1S/C16H10OS2/c17-19-14-9-2-1-7-12(14)18-13-8-3-5-11-6-4-10-15(19)16(11)13/h1-10H. The van der Waals surface area contributed by atoms with Gasteiger partial charge in [0.15, 0.2) is 0 Å². The fourth-order valence-electron chi connectivity index (χ4n) is 2.44. The molecule has 3 aromatic carbocycles. The number of fused-ring (bicyclic) bond motifs is 1. The van der Waals surface area contributed by atoms with Crippen molar-refractivity contribution in [3.05, 3.63) is 60.7 Å². The summed E-state index contributed by atoms with van der Waals surface area (Å²) in [5, 5.41) is 2.29. The maximum Gasteiger partial charge on any atom is 0.0867 e. The Bertz CT molecular complexity index is 819. The summed E-state index contributed by atoms with van der Waals surface area (Å²) in [5.41, 5.74) is 0. The normalized spacial score (nSPS) is 16.9. The second kappa shape index (κ2) is 4.22. The Balaban J connectivity index is 2.16. The van der Waals surface area contributed by atoms with Gasteiger partial charge in [0.2, 0.25) is 0 Å². The van der Waals surface area contributed by atoms with Gasteiger partial charge in [0.25, 0.3) is 0 Å². The highest BCUT2D eigenvalue weighted by Gasteiger charge is 2.21. The molecule has 0 bridgehead atoms. The largest absolute Gasteiger partial charge is 0.249 e. The van der Waals surface area contributed by atoms with E-state index in [1.807, 2.05) is 36.4 Å². The number of rotatable bonds is 0. The van der Waals surface area contributed by atoms with E-state index in [4.69, 9.17) is 0 Å². The highest BCUT2D eigenvalue weighted by molar-refractivity contribution is 8.00. The molecule has 92 valence electrons. The molecule has 19 heavy (non-hydrogen) atoms. The second-order valence-electron chi connectivity index (χ2n) is 4.43. The molecular formula is C16H10OS2. The molecule has 1 nitrogen and oxygen atoms in total. The first kappa shape index (κ1) is 11.3. The molecule has 0 saturated heterocycles. The van der Waals surface area contributed by atoms with Crippen LogP contribution in [0, 0.1) is 0 Å². The Morgan fingerprint density at radius 3 is 2.32 bits per heavy atom. The summed E-state index contributed by atoms with van der Waals surface area (Å²) in [5.74, 6) is 0. The lowest BCUT2D eigenvalue weighted by Gasteiger charge is -2.05. The van der Waals surface area contributed by atoms with Gasteiger partial charge in [0.1, 0.15) is 0 Å². The zero-order valence-corrected chi connectivity index (χ0v) is 11.6. The molecule has 3 aromatic rings. The van der Waals surface area contributed by atoms with E-state index >= 15 is 0 Å². The zero-order chi connectivity index (χ0) is 12.8. The molecule has 1 aliphatic rings. The van der Waals surface area contributed by atoms with Gasteiger partial charge in [0, 0.05) is 15.2 Å². The van der Waals surface area contributed by atoms with Crippen molar-refractivity contribution < 1.29 is 4.21 Å². The SMILES string of the molecule is O=S1c2ccccc2Sc2cccc3cccc1c23. The molecule has 1 unspecified atom stereocenters. The van der Waals surface area contributed by atoms with Crippen molar-refractivity contribution >= 4 is 33.3 Å². The first-order valence-electron chi connectivity index (χ1n) is 6.05. The first-order chi connectivity index (χ1) is 9.34. The fourth-order valence-corrected chi connectivity index (χ4v) is 5.19. The molecule has 0 fully saturated rings. The van der Waals surface area contributed by atoms with Gasteiger partial charge in [0.05, 0.1) is 20.6 Å². The van der Waals surface area contributed by atoms with Crippen LogP contribution in [0.1, 0.15) is 0 Å². The number of hydrogen-bond acceptors (Lipinski definition) is 2. The van der Waals surface area contributed by atoms with Crippen LogP contribution in [0.3, 0.4) is 0 Å². The van der Waals surface area contributed by atoms with Crippen LogP contribution in [0.2, 0.25) is 0 Å². The van der Waals surface area contributed by atoms with Crippen molar-refractivity contribution in [3.8, 4) is 0 Å². The van der Waals surface area contributed by atoms with Gasteiger partial charge in [-0.25, -0.2) is 4.21 Å². The predicted molar refractivity (Wildman–Crippen MR) is 79.2 cm³/mol. The van der Waals surface area contributed by atoms with Gasteiger partial charge >= 0.3 is 0 Å². The second-order valence-corrected chi connectivity index (χ2v) is 6.93. The molecule has 4 rings (SSSR count). The maximum absolute atomic E-state index is 12.8. The Kier molecular flexibility index (Phi) is 2.50. The maximum atomic E-state index is 12.8. The molecule has 1 heterocycles. The average Bonchev–Trinajstić information content (AvgIpc) is 2.58. The third kappa shape index (κ3) is 1.66. The minimum Gasteiger partial charge on any atom is -0.249 e. The van der Waals surface area contributed by atoms with Crippen molar-refractivity contribution in [2.45, 2.75) is 19.6 Å². The highest BCUT2D eigenvalue weighted by Crippen LogP contribution is 2.43. The van der Waals surface area contributed by atoms with E-state index in [0.29, 0.717) is 0 Å². The first-order valence-corrected chi connectivity index (χ1v) is 8.01. The molecule has 0 spiro atoms. The molecule has 3 heteroatoms. The van der Waals surface area contributed by atoms with Crippen LogP contribution in [0.5, 0.6) is 0 Å². The topological polar surface area (TPSA) is 17.1 Å². The van der Waals surface area contributed by atoms with Crippen molar-refractivity contribution in [1.82, 2.24) is 0 Å². The van der Waals surface area contributed by atoms with Crippen molar-refractivity contribution in [2.24, 2.45) is 0 Å². The van der Waals surface area contributed by atoms with Crippen LogP contribution in [0.15, 0.2) is 80.2 Å². The van der Waals surface area contributed by atoms with E-state index < -0.39 is 10.8 Å². The van der Waals surface area contributed by atoms with Crippen LogP contribution < -0.4 is 0 Å². The lowest BCUT2D eigenvalue weighted by molar-refractivity contribution is 0.682. The molecule has 0 N–H and O–H groups in total. The van der Waals surface area contributed by atoms with Crippen LogP contribution in [0.25, 0.3) is 10.8 Å². The van der Waals surface area contributed by atoms with Gasteiger partial charge in [-0.3, -0.25) is 0 Å². The summed E-state index contributed by atoms with van der Waals surface area (Å²) < 4.78 is 12.8. The molecule has 0 radical (unpaired) electrons. The van der Waals surface area contributed by atoms with Gasteiger partial charge in [-0.05, 0) is 29.7 Å². The summed E-state index contributed by atoms with van der Waals surface area (Å²) in [6.07, 6.45) is 0. The minimum atomic E-state index is -1.10. The fraction of sp³-hybridized carbons (Fsp3) is 0. The lowest BCUT2D eigenvalue weighted by atomic mass is 10.1. The van der Waals surface area contributed by atoms with Crippen LogP contribution in [0.4, 0.5) is 0 Å². The predicted octanol–water partition coefficient (Wildman–Crippen LogP) is 4.47. The van der Waals surface area contributed by atoms with Gasteiger partial charge < -0.3 is 0 Å². The monoisotopic (exact) mass is 282 g/mol. The molecule has 1 atom stereocenters. The number of benzene rings is 3. The van der Waals surface area contributed by atoms with Crippen molar-refractivity contribution in [1.29, 1.82) is 0 Å². The van der Waals surface area contributed by atoms with Gasteiger partial charge in [-0.1, -0.05) is 48.2 Å². The van der Waals surface area contributed by atoms with E-state index in [1.165, 1.54) is 4.90 Å². The molecule has 0 aliphatic carbocycles. The van der Waals surface area contributed by atoms with Gasteiger partial charge in [-0.2, -0.15) is 0 Å². The smallest absolute Gasteiger partial charge is 0.0867 e. The van der Waals surface area contributed by atoms with Crippen LogP contribution in [-0.2, 0) is 10.8 Å². The molecule has 1 aliphatic heterocycles. The van der Waals surface area contributed by atoms with E-state index in [9.17, 15) is 4.21 Å². The molecular weight excluding hydrogens is 272 g/mol. The lowest BCUT2D eigenvalue weighted by Crippen LogP contribution is -1.93. The third-order valence-corrected chi connectivity index (χ3v) is 6.06. The number of hydrogen-bond donors (Lipinski definition) is 0. The van der Waals surface area contributed by atoms with E-state index in [0.717, 1.165) is 25.5 Å². The highest BCUT2D eigenvalue weighted by atomic mass is 32.2. The summed E-state index contributed by atoms with van der Waals surface area (Å²) in [6.45, 7) is 0. The summed E-state index contributed by atoms with van der Waals surface area (Å²) in [7, 11) is -1.10. The van der Waals surface area contributed by atoms with E-state index in [-0.39, 0.29) is 0 Å². The Morgan fingerprint density at radius 1 is 0.737 bits per heavy atom. The van der Waals surface area contributed by atoms with Crippen molar-refractivity contribution in [3.63, 3.8) is 0 Å². The van der Waals surface area contributed by atoms with E-state index in [2.05, 4.69) is 24.3 Å². The molecule has 0 aromatic heterocycles. The van der Waals surface area contributed by atoms with Crippen LogP contribution in [-0.4, -0.2) is 4.21 Å². The van der Waals surface area contributed by atoms with Crippen LogP contribution >= 0.6 is 11.8 Å². The van der Waals surface area contributed by atoms with Crippen molar-refractivity contribution in [2.75, 3.05) is 0 Å². The van der Waals surface area contributed by atoms with Gasteiger partial charge in [-0.15, -0.1) is 0 Å². The summed E-state index contributed by atoms with van der Waals surface area (Å²) in [4.78, 5) is 4.11. The zero-order valence-electron chi connectivity index (χ0n) is 10.00. The minimum absolute atomic E-state index is 0.913. The molecule has 0 amide bonds. The summed E-state index contributed by atoms with van der Waals surface area (Å²) in [6, 6.07) is 20.2. The Morgan fingerprint density at radius 2 is 1.42 bits per heavy atom. The Labute approximate surface area is 118 Å². The van der Waals surface area contributed by atoms with E-state index in [1.54, 1.807) is 11.8 Å². The average molecular weight is 282 g/mol.